The maximum Gasteiger partial charge on any atom is 0.249 e. The van der Waals surface area contributed by atoms with Crippen LogP contribution in [0.3, 0.4) is 0 Å². The zero-order chi connectivity index (χ0) is 9.84. The van der Waals surface area contributed by atoms with Crippen LogP contribution in [0, 0.1) is 0 Å². The second kappa shape index (κ2) is 4.18. The van der Waals surface area contributed by atoms with E-state index in [4.69, 9.17) is 10.5 Å². The van der Waals surface area contributed by atoms with Crippen molar-refractivity contribution in [1.82, 2.24) is 0 Å². The molecule has 0 aliphatic carbocycles. The van der Waals surface area contributed by atoms with Gasteiger partial charge in [0.25, 0.3) is 0 Å². The third-order valence-corrected chi connectivity index (χ3v) is 2.45. The standard InChI is InChI=1S/C9H11NO2S/c1-12-6-3-4-7(9(10)11)8(5-6)13-2/h3-5H,1-2H3,(H2,10,11). The Bertz CT molecular complexity index is 325. The second-order valence-corrected chi connectivity index (χ2v) is 3.28. The Morgan fingerprint density at radius 2 is 2.23 bits per heavy atom. The van der Waals surface area contributed by atoms with E-state index < -0.39 is 5.91 Å². The van der Waals surface area contributed by atoms with Gasteiger partial charge in [-0.2, -0.15) is 0 Å². The number of amides is 1. The fraction of sp³-hybridized carbons (Fsp3) is 0.222. The Labute approximate surface area is 81.3 Å². The molecule has 1 aromatic carbocycles. The third kappa shape index (κ3) is 2.15. The minimum absolute atomic E-state index is 0.410. The molecule has 1 aromatic rings. The van der Waals surface area contributed by atoms with E-state index >= 15 is 0 Å². The lowest BCUT2D eigenvalue weighted by Gasteiger charge is -2.05. The van der Waals surface area contributed by atoms with Gasteiger partial charge in [0, 0.05) is 4.90 Å². The van der Waals surface area contributed by atoms with E-state index in [0.717, 1.165) is 10.6 Å². The molecule has 1 rings (SSSR count). The maximum atomic E-state index is 10.9. The van der Waals surface area contributed by atoms with Crippen molar-refractivity contribution >= 4 is 17.7 Å². The van der Waals surface area contributed by atoms with Gasteiger partial charge in [-0.3, -0.25) is 4.79 Å². The molecule has 4 heteroatoms. The zero-order valence-electron chi connectivity index (χ0n) is 7.53. The van der Waals surface area contributed by atoms with E-state index in [-0.39, 0.29) is 0 Å². The second-order valence-electron chi connectivity index (χ2n) is 2.43. The highest BCUT2D eigenvalue weighted by atomic mass is 32.2. The summed E-state index contributed by atoms with van der Waals surface area (Å²) < 4.78 is 5.03. The summed E-state index contributed by atoms with van der Waals surface area (Å²) in [6.07, 6.45) is 1.89. The quantitative estimate of drug-likeness (QED) is 0.747. The largest absolute Gasteiger partial charge is 0.497 e. The van der Waals surface area contributed by atoms with Gasteiger partial charge in [-0.15, -0.1) is 11.8 Å². The van der Waals surface area contributed by atoms with Crippen LogP contribution in [-0.4, -0.2) is 19.3 Å². The monoisotopic (exact) mass is 197 g/mol. The molecule has 0 saturated heterocycles. The third-order valence-electron chi connectivity index (χ3n) is 1.67. The van der Waals surface area contributed by atoms with Gasteiger partial charge in [-0.25, -0.2) is 0 Å². The number of nitrogens with two attached hydrogens (primary N) is 1. The van der Waals surface area contributed by atoms with Crippen LogP contribution in [0.4, 0.5) is 0 Å². The molecule has 1 amide bonds. The fourth-order valence-electron chi connectivity index (χ4n) is 1.00. The van der Waals surface area contributed by atoms with Crippen LogP contribution >= 0.6 is 11.8 Å². The Kier molecular flexibility index (Phi) is 3.19. The van der Waals surface area contributed by atoms with Gasteiger partial charge in [-0.1, -0.05) is 0 Å². The summed E-state index contributed by atoms with van der Waals surface area (Å²) in [5, 5.41) is 0. The molecule has 0 fully saturated rings. The topological polar surface area (TPSA) is 52.3 Å². The normalized spacial score (nSPS) is 9.69. The molecule has 0 atom stereocenters. The summed E-state index contributed by atoms with van der Waals surface area (Å²) in [6, 6.07) is 5.19. The number of hydrogen-bond donors (Lipinski definition) is 1. The number of rotatable bonds is 3. The van der Waals surface area contributed by atoms with Crippen LogP contribution in [0.15, 0.2) is 23.1 Å². The SMILES string of the molecule is COc1ccc(C(N)=O)c(SC)c1. The highest BCUT2D eigenvalue weighted by Crippen LogP contribution is 2.24. The average molecular weight is 197 g/mol. The van der Waals surface area contributed by atoms with E-state index in [1.165, 1.54) is 11.8 Å². The van der Waals surface area contributed by atoms with Crippen molar-refractivity contribution in [3.05, 3.63) is 23.8 Å². The number of methoxy groups -OCH3 is 1. The summed E-state index contributed by atoms with van der Waals surface area (Å²) in [4.78, 5) is 11.8. The minimum atomic E-state index is -0.410. The summed E-state index contributed by atoms with van der Waals surface area (Å²) in [5.74, 6) is 0.321. The summed E-state index contributed by atoms with van der Waals surface area (Å²) in [7, 11) is 1.59. The Hall–Kier alpha value is -1.16. The first-order chi connectivity index (χ1) is 6.19. The molecule has 13 heavy (non-hydrogen) atoms. The Morgan fingerprint density at radius 3 is 2.69 bits per heavy atom. The summed E-state index contributed by atoms with van der Waals surface area (Å²) in [5.41, 5.74) is 5.72. The van der Waals surface area contributed by atoms with Gasteiger partial charge in [0.1, 0.15) is 5.75 Å². The van der Waals surface area contributed by atoms with Gasteiger partial charge in [0.05, 0.1) is 12.7 Å². The van der Waals surface area contributed by atoms with Crippen LogP contribution in [0.5, 0.6) is 5.75 Å². The lowest BCUT2D eigenvalue weighted by atomic mass is 10.2. The Balaban J connectivity index is 3.15. The maximum absolute atomic E-state index is 10.9. The molecule has 0 bridgehead atoms. The van der Waals surface area contributed by atoms with Gasteiger partial charge in [-0.05, 0) is 24.5 Å². The molecule has 70 valence electrons. The van der Waals surface area contributed by atoms with Crippen molar-refractivity contribution < 1.29 is 9.53 Å². The van der Waals surface area contributed by atoms with Crippen molar-refractivity contribution in [3.63, 3.8) is 0 Å². The first-order valence-electron chi connectivity index (χ1n) is 3.71. The molecule has 0 radical (unpaired) electrons. The van der Waals surface area contributed by atoms with Crippen molar-refractivity contribution in [2.24, 2.45) is 5.73 Å². The average Bonchev–Trinajstić information content (AvgIpc) is 2.16. The molecular formula is C9H11NO2S. The first kappa shape index (κ1) is 9.92. The molecule has 3 nitrogen and oxygen atoms in total. The van der Waals surface area contributed by atoms with Crippen molar-refractivity contribution in [2.45, 2.75) is 4.90 Å². The lowest BCUT2D eigenvalue weighted by molar-refractivity contribution is 0.0997. The molecule has 0 unspecified atom stereocenters. The van der Waals surface area contributed by atoms with E-state index in [9.17, 15) is 4.79 Å². The van der Waals surface area contributed by atoms with Gasteiger partial charge < -0.3 is 10.5 Å². The van der Waals surface area contributed by atoms with Crippen molar-refractivity contribution in [2.75, 3.05) is 13.4 Å². The predicted octanol–water partition coefficient (Wildman–Crippen LogP) is 1.52. The number of ether oxygens (including phenoxy) is 1. The highest BCUT2D eigenvalue weighted by molar-refractivity contribution is 7.98. The number of thioether (sulfide) groups is 1. The summed E-state index contributed by atoms with van der Waals surface area (Å²) >= 11 is 1.47. The molecular weight excluding hydrogens is 186 g/mol. The number of carbonyl (C=O) groups is 1. The van der Waals surface area contributed by atoms with E-state index in [1.807, 2.05) is 6.26 Å². The smallest absolute Gasteiger partial charge is 0.249 e. The molecule has 0 spiro atoms. The van der Waals surface area contributed by atoms with Crippen LogP contribution in [0.25, 0.3) is 0 Å². The van der Waals surface area contributed by atoms with Gasteiger partial charge in [0.2, 0.25) is 5.91 Å². The van der Waals surface area contributed by atoms with Gasteiger partial charge in [0.15, 0.2) is 0 Å². The van der Waals surface area contributed by atoms with Crippen LogP contribution in [0.2, 0.25) is 0 Å². The van der Waals surface area contributed by atoms with E-state index in [2.05, 4.69) is 0 Å². The molecule has 0 aromatic heterocycles. The van der Waals surface area contributed by atoms with Crippen LogP contribution in [0.1, 0.15) is 10.4 Å². The number of carbonyl (C=O) groups excluding carboxylic acids is 1. The van der Waals surface area contributed by atoms with Crippen LogP contribution in [-0.2, 0) is 0 Å². The highest BCUT2D eigenvalue weighted by Gasteiger charge is 2.07. The van der Waals surface area contributed by atoms with Crippen molar-refractivity contribution in [3.8, 4) is 5.75 Å². The first-order valence-corrected chi connectivity index (χ1v) is 4.93. The van der Waals surface area contributed by atoms with Crippen LogP contribution < -0.4 is 10.5 Å². The van der Waals surface area contributed by atoms with E-state index in [0.29, 0.717) is 5.56 Å². The molecule has 0 saturated carbocycles. The predicted molar refractivity (Wildman–Crippen MR) is 53.3 cm³/mol. The summed E-state index contributed by atoms with van der Waals surface area (Å²) in [6.45, 7) is 0. The molecule has 0 heterocycles. The van der Waals surface area contributed by atoms with Gasteiger partial charge >= 0.3 is 0 Å². The zero-order valence-corrected chi connectivity index (χ0v) is 8.35. The minimum Gasteiger partial charge on any atom is -0.497 e. The van der Waals surface area contributed by atoms with Crippen molar-refractivity contribution in [1.29, 1.82) is 0 Å². The molecule has 2 N–H and O–H groups in total. The lowest BCUT2D eigenvalue weighted by Crippen LogP contribution is -2.12. The molecule has 0 aliphatic rings. The molecule has 0 aliphatic heterocycles. The number of primary amides is 1. The number of hydrogen-bond acceptors (Lipinski definition) is 3. The fourth-order valence-corrected chi connectivity index (χ4v) is 1.62. The number of benzene rings is 1. The van der Waals surface area contributed by atoms with E-state index in [1.54, 1.807) is 25.3 Å². The Morgan fingerprint density at radius 1 is 1.54 bits per heavy atom.